The first-order valence-corrected chi connectivity index (χ1v) is 3.60. The quantitative estimate of drug-likeness (QED) is 0.390. The summed E-state index contributed by atoms with van der Waals surface area (Å²) >= 11 is 0. The molecule has 0 aromatic carbocycles. The minimum absolute atomic E-state index is 0. The molecule has 1 fully saturated rings. The second kappa shape index (κ2) is 5.08. The van der Waals surface area contributed by atoms with Crippen LogP contribution in [-0.2, 0) is 13.6 Å². The summed E-state index contributed by atoms with van der Waals surface area (Å²) in [7, 11) is -2.22. The third-order valence-electron chi connectivity index (χ3n) is 0.870. The van der Waals surface area contributed by atoms with Crippen molar-refractivity contribution in [3.05, 3.63) is 0 Å². The van der Waals surface area contributed by atoms with Crippen molar-refractivity contribution in [3.63, 3.8) is 0 Å². The van der Waals surface area contributed by atoms with Crippen molar-refractivity contribution in [2.45, 2.75) is 12.6 Å². The van der Waals surface area contributed by atoms with Gasteiger partial charge in [-0.15, -0.1) is 0 Å². The summed E-state index contributed by atoms with van der Waals surface area (Å²) in [4.78, 5) is 0. The number of nitrogens with two attached hydrogens (primary N) is 1. The molecule has 0 spiro atoms. The van der Waals surface area contributed by atoms with Crippen LogP contribution < -0.4 is 5.73 Å². The van der Waals surface area contributed by atoms with E-state index in [4.69, 9.17) is 5.73 Å². The minimum atomic E-state index is -2.22. The van der Waals surface area contributed by atoms with Gasteiger partial charge >= 0.3 is 46.0 Å². The van der Waals surface area contributed by atoms with E-state index in [9.17, 15) is 4.57 Å². The van der Waals surface area contributed by atoms with Crippen LogP contribution in [0.5, 0.6) is 0 Å². The molecule has 0 aromatic rings. The van der Waals surface area contributed by atoms with E-state index in [1.54, 1.807) is 0 Å². The zero-order valence-corrected chi connectivity index (χ0v) is 5.29. The van der Waals surface area contributed by atoms with Crippen LogP contribution in [0.3, 0.4) is 0 Å². The topological polar surface area (TPSA) is 61.5 Å². The summed E-state index contributed by atoms with van der Waals surface area (Å²) in [6.07, 6.45) is 0.256. The fourth-order valence-corrected chi connectivity index (χ4v) is 1.19. The molecule has 6 heteroatoms. The van der Waals surface area contributed by atoms with Crippen molar-refractivity contribution in [2.24, 2.45) is 5.73 Å². The van der Waals surface area contributed by atoms with Crippen LogP contribution in [0.1, 0.15) is 6.42 Å². The molecule has 2 atom stereocenters. The molecule has 2 N–H and O–H groups in total. The second-order valence-electron chi connectivity index (χ2n) is 1.54. The molecule has 1 aliphatic heterocycles. The molecule has 4 nitrogen and oxygen atoms in total. The molecule has 2 unspecified atom stereocenters. The summed E-state index contributed by atoms with van der Waals surface area (Å²) in [6, 6.07) is 0. The fourth-order valence-electron chi connectivity index (χ4n) is 0.475. The molecule has 1 aliphatic rings. The van der Waals surface area contributed by atoms with Crippen molar-refractivity contribution >= 4 is 46.0 Å². The number of hydrogen-bond donors (Lipinski definition) is 1. The Morgan fingerprint density at radius 3 is 2.67 bits per heavy atom. The molecular weight excluding hydrogens is 169 g/mol. The Morgan fingerprint density at radius 2 is 2.33 bits per heavy atom. The van der Waals surface area contributed by atoms with E-state index in [-0.39, 0.29) is 44.0 Å². The summed E-state index contributed by atoms with van der Waals surface area (Å²) in [5, 5.41) is 0. The molecule has 0 aromatic heterocycles. The predicted octanol–water partition coefficient (Wildman–Crippen LogP) is -0.818. The van der Waals surface area contributed by atoms with Crippen molar-refractivity contribution in [3.8, 4) is 0 Å². The van der Waals surface area contributed by atoms with Gasteiger partial charge in [-0.1, -0.05) is 0 Å². The average Bonchev–Trinajstić information content (AvgIpc) is 1.64. The molecule has 0 aliphatic carbocycles. The molecule has 0 amide bonds. The maximum absolute atomic E-state index is 10.3. The SMILES string of the molecule is NC1CCO[PH](=O)O1.[CaH2]. The van der Waals surface area contributed by atoms with E-state index in [0.29, 0.717) is 13.0 Å². The first kappa shape index (κ1) is 10.4. The number of hydrogen-bond acceptors (Lipinski definition) is 4. The average molecular weight is 179 g/mol. The molecule has 1 heterocycles. The van der Waals surface area contributed by atoms with Crippen LogP contribution in [-0.4, -0.2) is 50.6 Å². The van der Waals surface area contributed by atoms with Crippen LogP contribution in [0.4, 0.5) is 0 Å². The molecule has 0 bridgehead atoms. The Kier molecular flexibility index (Phi) is 5.85. The van der Waals surface area contributed by atoms with Gasteiger partial charge in [0, 0.05) is 6.42 Å². The van der Waals surface area contributed by atoms with Gasteiger partial charge in [0.15, 0.2) is 0 Å². The Morgan fingerprint density at radius 1 is 1.67 bits per heavy atom. The van der Waals surface area contributed by atoms with Gasteiger partial charge in [-0.25, -0.2) is 0 Å². The van der Waals surface area contributed by atoms with Crippen LogP contribution in [0.2, 0.25) is 0 Å². The zero-order chi connectivity index (χ0) is 5.98. The fraction of sp³-hybridized carbons (Fsp3) is 1.00. The van der Waals surface area contributed by atoms with Gasteiger partial charge in [-0.3, -0.25) is 9.09 Å². The van der Waals surface area contributed by atoms with Gasteiger partial charge in [0.25, 0.3) is 0 Å². The van der Waals surface area contributed by atoms with Crippen LogP contribution >= 0.6 is 8.25 Å². The summed E-state index contributed by atoms with van der Waals surface area (Å²) < 4.78 is 19.5. The summed E-state index contributed by atoms with van der Waals surface area (Å²) in [5.41, 5.74) is 5.25. The Balaban J connectivity index is 0.000000640. The van der Waals surface area contributed by atoms with E-state index in [1.165, 1.54) is 0 Å². The first-order valence-electron chi connectivity index (χ1n) is 2.38. The third-order valence-corrected chi connectivity index (χ3v) is 1.80. The van der Waals surface area contributed by atoms with Crippen LogP contribution in [0, 0.1) is 0 Å². The van der Waals surface area contributed by atoms with Gasteiger partial charge in [-0.2, -0.15) is 0 Å². The van der Waals surface area contributed by atoms with E-state index >= 15 is 0 Å². The normalized spacial score (nSPS) is 35.2. The van der Waals surface area contributed by atoms with E-state index in [2.05, 4.69) is 9.05 Å². The zero-order valence-electron chi connectivity index (χ0n) is 4.29. The molecule has 9 heavy (non-hydrogen) atoms. The van der Waals surface area contributed by atoms with E-state index in [0.717, 1.165) is 0 Å². The molecule has 52 valence electrons. The Bertz CT molecular complexity index is 111. The van der Waals surface area contributed by atoms with Crippen LogP contribution in [0.25, 0.3) is 0 Å². The maximum atomic E-state index is 10.3. The molecule has 1 saturated heterocycles. The molecular formula is C3H10CaNO3P. The van der Waals surface area contributed by atoms with Gasteiger partial charge in [0.2, 0.25) is 0 Å². The van der Waals surface area contributed by atoms with Crippen molar-refractivity contribution < 1.29 is 13.6 Å². The standard InChI is InChI=1S/C3H8NO3P.Ca.2H/c4-3-1-2-6-8(5)7-3;;;/h3,8H,1-2,4H2;;;. The second-order valence-corrected chi connectivity index (χ2v) is 2.57. The van der Waals surface area contributed by atoms with E-state index in [1.807, 2.05) is 0 Å². The van der Waals surface area contributed by atoms with Gasteiger partial charge in [0.05, 0.1) is 6.61 Å². The third kappa shape index (κ3) is 3.94. The molecule has 0 saturated carbocycles. The molecule has 1 rings (SSSR count). The van der Waals surface area contributed by atoms with Crippen molar-refractivity contribution in [1.29, 1.82) is 0 Å². The van der Waals surface area contributed by atoms with Crippen molar-refractivity contribution in [1.82, 2.24) is 0 Å². The molecule has 0 radical (unpaired) electrons. The first-order chi connectivity index (χ1) is 3.79. The Labute approximate surface area is 84.0 Å². The summed E-state index contributed by atoms with van der Waals surface area (Å²) in [5.74, 6) is 0. The van der Waals surface area contributed by atoms with Gasteiger partial charge in [0.1, 0.15) is 6.23 Å². The summed E-state index contributed by atoms with van der Waals surface area (Å²) in [6.45, 7) is 0.457. The van der Waals surface area contributed by atoms with Crippen molar-refractivity contribution in [2.75, 3.05) is 6.61 Å². The van der Waals surface area contributed by atoms with E-state index < -0.39 is 8.25 Å². The van der Waals surface area contributed by atoms with Gasteiger partial charge in [-0.05, 0) is 0 Å². The number of rotatable bonds is 0. The monoisotopic (exact) mass is 179 g/mol. The predicted molar refractivity (Wildman–Crippen MR) is 37.2 cm³/mol. The Hall–Kier alpha value is 1.37. The van der Waals surface area contributed by atoms with Gasteiger partial charge < -0.3 is 10.3 Å². The van der Waals surface area contributed by atoms with Crippen LogP contribution in [0.15, 0.2) is 0 Å².